The first-order chi connectivity index (χ1) is 9.84. The average Bonchev–Trinajstić information content (AvgIpc) is 2.94. The van der Waals surface area contributed by atoms with Crippen LogP contribution in [0.3, 0.4) is 0 Å². The second-order valence-electron chi connectivity index (χ2n) is 5.27. The quantitative estimate of drug-likeness (QED) is 0.628. The van der Waals surface area contributed by atoms with Crippen LogP contribution in [0.4, 0.5) is 4.39 Å². The van der Waals surface area contributed by atoms with Crippen molar-refractivity contribution in [1.82, 2.24) is 4.98 Å². The van der Waals surface area contributed by atoms with Crippen LogP contribution in [0.1, 0.15) is 17.7 Å². The van der Waals surface area contributed by atoms with Gasteiger partial charge in [0.25, 0.3) is 0 Å². The van der Waals surface area contributed by atoms with Crippen LogP contribution in [0.15, 0.2) is 48.5 Å². The molecular formula is C18H14FN. The van der Waals surface area contributed by atoms with Crippen molar-refractivity contribution in [3.8, 4) is 11.1 Å². The Morgan fingerprint density at radius 2 is 1.75 bits per heavy atom. The van der Waals surface area contributed by atoms with Gasteiger partial charge in [-0.3, -0.25) is 0 Å². The summed E-state index contributed by atoms with van der Waals surface area (Å²) in [6.45, 7) is 0. The molecule has 0 amide bonds. The zero-order valence-electron chi connectivity index (χ0n) is 11.1. The third kappa shape index (κ3) is 1.64. The molecule has 0 radical (unpaired) electrons. The van der Waals surface area contributed by atoms with Gasteiger partial charge in [-0.25, -0.2) is 9.37 Å². The molecule has 1 aromatic heterocycles. The maximum absolute atomic E-state index is 14.1. The van der Waals surface area contributed by atoms with Crippen molar-refractivity contribution in [2.75, 3.05) is 0 Å². The summed E-state index contributed by atoms with van der Waals surface area (Å²) < 4.78 is 14.1. The summed E-state index contributed by atoms with van der Waals surface area (Å²) in [6.07, 6.45) is 3.11. The summed E-state index contributed by atoms with van der Waals surface area (Å²) in [4.78, 5) is 4.57. The molecular weight excluding hydrogens is 249 g/mol. The van der Waals surface area contributed by atoms with Gasteiger partial charge in [-0.05, 0) is 42.0 Å². The Kier molecular flexibility index (Phi) is 2.56. The van der Waals surface area contributed by atoms with E-state index in [0.717, 1.165) is 35.9 Å². The van der Waals surface area contributed by atoms with E-state index in [1.165, 1.54) is 17.2 Å². The lowest BCUT2D eigenvalue weighted by molar-refractivity contribution is 0.636. The fourth-order valence-electron chi connectivity index (χ4n) is 3.18. The number of fused-ring (bicyclic) bond motifs is 2. The molecule has 20 heavy (non-hydrogen) atoms. The predicted molar refractivity (Wildman–Crippen MR) is 79.2 cm³/mol. The molecule has 0 unspecified atom stereocenters. The number of aromatic nitrogens is 1. The van der Waals surface area contributed by atoms with E-state index in [2.05, 4.69) is 17.1 Å². The number of rotatable bonds is 1. The van der Waals surface area contributed by atoms with Gasteiger partial charge in [-0.15, -0.1) is 0 Å². The van der Waals surface area contributed by atoms with Crippen LogP contribution in [0.25, 0.3) is 22.0 Å². The van der Waals surface area contributed by atoms with Crippen molar-refractivity contribution < 1.29 is 4.39 Å². The van der Waals surface area contributed by atoms with Crippen molar-refractivity contribution in [2.45, 2.75) is 19.3 Å². The third-order valence-electron chi connectivity index (χ3n) is 4.06. The van der Waals surface area contributed by atoms with Gasteiger partial charge < -0.3 is 0 Å². The van der Waals surface area contributed by atoms with E-state index in [1.54, 1.807) is 6.07 Å². The summed E-state index contributed by atoms with van der Waals surface area (Å²) in [6, 6.07) is 15.5. The van der Waals surface area contributed by atoms with E-state index >= 15 is 0 Å². The summed E-state index contributed by atoms with van der Waals surface area (Å²) in [5.74, 6) is -0.227. The smallest absolute Gasteiger partial charge is 0.149 e. The topological polar surface area (TPSA) is 12.9 Å². The monoisotopic (exact) mass is 263 g/mol. The highest BCUT2D eigenvalue weighted by Gasteiger charge is 2.21. The van der Waals surface area contributed by atoms with Crippen LogP contribution in [0.2, 0.25) is 0 Å². The van der Waals surface area contributed by atoms with E-state index < -0.39 is 0 Å². The Bertz CT molecular complexity index is 793. The molecule has 0 N–H and O–H groups in total. The number of para-hydroxylation sites is 1. The lowest BCUT2D eigenvalue weighted by Crippen LogP contribution is -1.97. The van der Waals surface area contributed by atoms with Crippen LogP contribution in [-0.4, -0.2) is 4.98 Å². The summed E-state index contributed by atoms with van der Waals surface area (Å²) in [5, 5.41) is 0.928. The van der Waals surface area contributed by atoms with Gasteiger partial charge in [0, 0.05) is 11.1 Å². The Morgan fingerprint density at radius 3 is 2.60 bits per heavy atom. The van der Waals surface area contributed by atoms with Crippen LogP contribution < -0.4 is 0 Å². The highest BCUT2D eigenvalue weighted by atomic mass is 19.1. The van der Waals surface area contributed by atoms with E-state index in [-0.39, 0.29) is 5.82 Å². The minimum absolute atomic E-state index is 0.227. The summed E-state index contributed by atoms with van der Waals surface area (Å²) in [5.41, 5.74) is 5.20. The van der Waals surface area contributed by atoms with Crippen molar-refractivity contribution in [1.29, 1.82) is 0 Å². The van der Waals surface area contributed by atoms with Crippen LogP contribution >= 0.6 is 0 Å². The minimum atomic E-state index is -0.227. The van der Waals surface area contributed by atoms with Gasteiger partial charge in [-0.1, -0.05) is 42.5 Å². The molecule has 0 saturated heterocycles. The molecule has 98 valence electrons. The first kappa shape index (κ1) is 11.6. The first-order valence-electron chi connectivity index (χ1n) is 7.00. The molecule has 1 aliphatic carbocycles. The molecule has 0 saturated carbocycles. The summed E-state index contributed by atoms with van der Waals surface area (Å²) >= 11 is 0. The Labute approximate surface area is 117 Å². The van der Waals surface area contributed by atoms with Gasteiger partial charge in [0.15, 0.2) is 0 Å². The molecule has 1 aliphatic rings. The molecule has 0 atom stereocenters. The predicted octanol–water partition coefficient (Wildman–Crippen LogP) is 4.53. The lowest BCUT2D eigenvalue weighted by atomic mass is 9.95. The minimum Gasteiger partial charge on any atom is -0.249 e. The number of benzene rings is 2. The van der Waals surface area contributed by atoms with Crippen LogP contribution in [0.5, 0.6) is 0 Å². The zero-order chi connectivity index (χ0) is 13.5. The normalized spacial score (nSPS) is 13.7. The second-order valence-corrected chi connectivity index (χ2v) is 5.27. The number of hydrogen-bond donors (Lipinski definition) is 0. The number of halogens is 1. The van der Waals surface area contributed by atoms with Crippen molar-refractivity contribution in [3.05, 3.63) is 65.6 Å². The van der Waals surface area contributed by atoms with Gasteiger partial charge in [0.1, 0.15) is 11.3 Å². The molecule has 0 spiro atoms. The molecule has 0 bridgehead atoms. The van der Waals surface area contributed by atoms with Gasteiger partial charge >= 0.3 is 0 Å². The molecule has 2 heteroatoms. The van der Waals surface area contributed by atoms with Gasteiger partial charge in [-0.2, -0.15) is 0 Å². The third-order valence-corrected chi connectivity index (χ3v) is 4.06. The Morgan fingerprint density at radius 1 is 0.900 bits per heavy atom. The molecule has 3 aromatic rings. The van der Waals surface area contributed by atoms with E-state index in [4.69, 9.17) is 0 Å². The van der Waals surface area contributed by atoms with Crippen LogP contribution in [0, 0.1) is 5.82 Å². The maximum atomic E-state index is 14.1. The van der Waals surface area contributed by atoms with Crippen LogP contribution in [-0.2, 0) is 12.8 Å². The summed E-state index contributed by atoms with van der Waals surface area (Å²) in [7, 11) is 0. The number of aryl methyl sites for hydroxylation is 1. The molecule has 1 nitrogen and oxygen atoms in total. The highest BCUT2D eigenvalue weighted by Crippen LogP contribution is 2.37. The zero-order valence-corrected chi connectivity index (χ0v) is 11.1. The number of hydrogen-bond acceptors (Lipinski definition) is 1. The fourth-order valence-corrected chi connectivity index (χ4v) is 3.18. The Hall–Kier alpha value is -2.22. The van der Waals surface area contributed by atoms with E-state index in [9.17, 15) is 4.39 Å². The second kappa shape index (κ2) is 4.41. The van der Waals surface area contributed by atoms with E-state index in [1.807, 2.05) is 24.3 Å². The van der Waals surface area contributed by atoms with Crippen molar-refractivity contribution in [2.24, 2.45) is 0 Å². The highest BCUT2D eigenvalue weighted by molar-refractivity contribution is 5.97. The SMILES string of the molecule is Fc1cccc2c(-c3ccccc3)c3c(nc12)CCC3. The van der Waals surface area contributed by atoms with Crippen molar-refractivity contribution in [3.63, 3.8) is 0 Å². The van der Waals surface area contributed by atoms with Crippen molar-refractivity contribution >= 4 is 10.9 Å². The maximum Gasteiger partial charge on any atom is 0.149 e. The molecule has 4 rings (SSSR count). The first-order valence-corrected chi connectivity index (χ1v) is 7.00. The van der Waals surface area contributed by atoms with Gasteiger partial charge in [0.2, 0.25) is 0 Å². The molecule has 0 fully saturated rings. The fraction of sp³-hybridized carbons (Fsp3) is 0.167. The van der Waals surface area contributed by atoms with Gasteiger partial charge in [0.05, 0.1) is 0 Å². The molecule has 2 aromatic carbocycles. The lowest BCUT2D eigenvalue weighted by Gasteiger charge is -2.13. The van der Waals surface area contributed by atoms with E-state index in [0.29, 0.717) is 5.52 Å². The number of pyridine rings is 1. The average molecular weight is 263 g/mol. The largest absolute Gasteiger partial charge is 0.249 e. The molecule has 0 aliphatic heterocycles. The number of nitrogens with zero attached hydrogens (tertiary/aromatic N) is 1. The Balaban J connectivity index is 2.15. The standard InChI is InChI=1S/C18H14FN/c19-15-10-4-9-14-17(12-6-2-1-3-7-12)13-8-5-11-16(13)20-18(14)15/h1-4,6-7,9-10H,5,8,11H2. The molecule has 1 heterocycles.